The molecule has 0 saturated heterocycles. The van der Waals surface area contributed by atoms with Gasteiger partial charge in [-0.1, -0.05) is 33.8 Å². The van der Waals surface area contributed by atoms with Crippen LogP contribution in [0.15, 0.2) is 18.2 Å². The third kappa shape index (κ3) is 5.30. The minimum atomic E-state index is -0.690. The van der Waals surface area contributed by atoms with E-state index in [-0.39, 0.29) is 6.04 Å². The van der Waals surface area contributed by atoms with Gasteiger partial charge >= 0.3 is 0 Å². The smallest absolute Gasteiger partial charge is 0.122 e. The van der Waals surface area contributed by atoms with Gasteiger partial charge in [0.05, 0.1) is 12.7 Å². The molecule has 1 aromatic carbocycles. The average molecular weight is 294 g/mol. The molecule has 1 rings (SSSR count). The monoisotopic (exact) mass is 294 g/mol. The molecule has 0 aliphatic heterocycles. The second-order valence-electron chi connectivity index (χ2n) is 6.34. The van der Waals surface area contributed by atoms with Crippen LogP contribution in [0.1, 0.15) is 57.3 Å². The number of hydrogen-bond donors (Lipinski definition) is 3. The van der Waals surface area contributed by atoms with Crippen LogP contribution in [0.25, 0.3) is 0 Å². The van der Waals surface area contributed by atoms with E-state index in [4.69, 9.17) is 16.2 Å². The molecule has 0 saturated carbocycles. The van der Waals surface area contributed by atoms with E-state index in [9.17, 15) is 5.11 Å². The lowest BCUT2D eigenvalue weighted by molar-refractivity contribution is 0.143. The summed E-state index contributed by atoms with van der Waals surface area (Å²) in [6.07, 6.45) is -0.0887. The van der Waals surface area contributed by atoms with Gasteiger partial charge in [-0.05, 0) is 48.1 Å². The van der Waals surface area contributed by atoms with Crippen LogP contribution in [0.2, 0.25) is 0 Å². The van der Waals surface area contributed by atoms with E-state index in [0.717, 1.165) is 16.9 Å². The quantitative estimate of drug-likeness (QED) is 0.688. The van der Waals surface area contributed by atoms with E-state index in [2.05, 4.69) is 27.7 Å². The molecule has 2 atom stereocenters. The summed E-state index contributed by atoms with van der Waals surface area (Å²) < 4.78 is 5.87. The lowest BCUT2D eigenvalue weighted by Crippen LogP contribution is -2.30. The second-order valence-corrected chi connectivity index (χ2v) is 6.34. The summed E-state index contributed by atoms with van der Waals surface area (Å²) in [4.78, 5) is 0. The van der Waals surface area contributed by atoms with Crippen LogP contribution in [0.3, 0.4) is 0 Å². The third-order valence-corrected chi connectivity index (χ3v) is 3.48. The van der Waals surface area contributed by atoms with Crippen LogP contribution < -0.4 is 16.2 Å². The number of nitrogens with two attached hydrogens (primary N) is 2. The van der Waals surface area contributed by atoms with Gasteiger partial charge in [-0.2, -0.15) is 0 Å². The molecule has 0 fully saturated rings. The van der Waals surface area contributed by atoms with Crippen molar-refractivity contribution in [2.45, 2.75) is 52.2 Å². The van der Waals surface area contributed by atoms with Crippen LogP contribution in [-0.4, -0.2) is 24.3 Å². The zero-order chi connectivity index (χ0) is 16.0. The molecule has 2 unspecified atom stereocenters. The van der Waals surface area contributed by atoms with Gasteiger partial charge in [-0.15, -0.1) is 0 Å². The molecule has 120 valence electrons. The Hall–Kier alpha value is -1.10. The van der Waals surface area contributed by atoms with Gasteiger partial charge in [0.15, 0.2) is 0 Å². The number of benzene rings is 1. The van der Waals surface area contributed by atoms with Crippen molar-refractivity contribution in [1.29, 1.82) is 0 Å². The summed E-state index contributed by atoms with van der Waals surface area (Å²) in [5.41, 5.74) is 13.4. The number of rotatable bonds is 8. The largest absolute Gasteiger partial charge is 0.493 e. The molecule has 1 aromatic rings. The Bertz CT molecular complexity index is 433. The SMILES string of the molecule is CC(C)COc1ccc(C(O)C(N)CCN)cc1C(C)C. The molecule has 0 heterocycles. The molecule has 0 radical (unpaired) electrons. The fraction of sp³-hybridized carbons (Fsp3) is 0.647. The fourth-order valence-electron chi connectivity index (χ4n) is 2.19. The van der Waals surface area contributed by atoms with E-state index >= 15 is 0 Å². The standard InChI is InChI=1S/C17H30N2O2/c1-11(2)10-21-16-6-5-13(9-14(16)12(3)4)17(20)15(19)7-8-18/h5-6,9,11-12,15,17,20H,7-8,10,18-19H2,1-4H3. The first kappa shape index (κ1) is 18.0. The molecule has 0 amide bonds. The highest BCUT2D eigenvalue weighted by atomic mass is 16.5. The Kier molecular flexibility index (Phi) is 7.15. The summed E-state index contributed by atoms with van der Waals surface area (Å²) in [5.74, 6) is 1.69. The van der Waals surface area contributed by atoms with Crippen molar-refractivity contribution in [3.63, 3.8) is 0 Å². The number of aliphatic hydroxyl groups is 1. The highest BCUT2D eigenvalue weighted by Gasteiger charge is 2.19. The molecule has 0 spiro atoms. The lowest BCUT2D eigenvalue weighted by Gasteiger charge is -2.22. The molecular weight excluding hydrogens is 264 g/mol. The summed E-state index contributed by atoms with van der Waals surface area (Å²) in [7, 11) is 0. The molecule has 0 aliphatic rings. The van der Waals surface area contributed by atoms with Crippen LogP contribution in [0.4, 0.5) is 0 Å². The third-order valence-electron chi connectivity index (χ3n) is 3.48. The highest BCUT2D eigenvalue weighted by molar-refractivity contribution is 5.40. The Labute approximate surface area is 128 Å². The average Bonchev–Trinajstić information content (AvgIpc) is 2.44. The molecule has 4 nitrogen and oxygen atoms in total. The number of aliphatic hydroxyl groups excluding tert-OH is 1. The van der Waals surface area contributed by atoms with Crippen molar-refractivity contribution in [2.75, 3.05) is 13.2 Å². The van der Waals surface area contributed by atoms with Gasteiger partial charge < -0.3 is 21.3 Å². The van der Waals surface area contributed by atoms with Gasteiger partial charge in [0, 0.05) is 6.04 Å². The van der Waals surface area contributed by atoms with E-state index in [0.29, 0.717) is 31.4 Å². The maximum Gasteiger partial charge on any atom is 0.122 e. The summed E-state index contributed by atoms with van der Waals surface area (Å²) in [6.45, 7) is 9.65. The van der Waals surface area contributed by atoms with E-state index in [1.807, 2.05) is 18.2 Å². The topological polar surface area (TPSA) is 81.5 Å². The molecule has 4 heteroatoms. The fourth-order valence-corrected chi connectivity index (χ4v) is 2.19. The predicted molar refractivity (Wildman–Crippen MR) is 87.5 cm³/mol. The van der Waals surface area contributed by atoms with Gasteiger partial charge in [-0.25, -0.2) is 0 Å². The number of ether oxygens (including phenoxy) is 1. The Morgan fingerprint density at radius 2 is 1.86 bits per heavy atom. The molecular formula is C17H30N2O2. The molecule has 5 N–H and O–H groups in total. The normalized spacial score (nSPS) is 14.5. The van der Waals surface area contributed by atoms with E-state index in [1.165, 1.54) is 0 Å². The predicted octanol–water partition coefficient (Wildman–Crippen LogP) is 2.55. The minimum Gasteiger partial charge on any atom is -0.493 e. The summed E-state index contributed by atoms with van der Waals surface area (Å²) in [6, 6.07) is 5.49. The van der Waals surface area contributed by atoms with Crippen molar-refractivity contribution in [3.05, 3.63) is 29.3 Å². The first-order valence-corrected chi connectivity index (χ1v) is 7.77. The summed E-state index contributed by atoms with van der Waals surface area (Å²) in [5, 5.41) is 10.3. The van der Waals surface area contributed by atoms with Crippen LogP contribution in [-0.2, 0) is 0 Å². The van der Waals surface area contributed by atoms with Gasteiger partial charge in [-0.3, -0.25) is 0 Å². The molecule has 21 heavy (non-hydrogen) atoms. The molecule has 0 aliphatic carbocycles. The minimum absolute atomic E-state index is 0.324. The van der Waals surface area contributed by atoms with Crippen LogP contribution >= 0.6 is 0 Å². The lowest BCUT2D eigenvalue weighted by atomic mass is 9.94. The van der Waals surface area contributed by atoms with Gasteiger partial charge in [0.2, 0.25) is 0 Å². The first-order chi connectivity index (χ1) is 9.86. The van der Waals surface area contributed by atoms with Crippen molar-refractivity contribution < 1.29 is 9.84 Å². The van der Waals surface area contributed by atoms with Crippen LogP contribution in [0, 0.1) is 5.92 Å². The number of hydrogen-bond acceptors (Lipinski definition) is 4. The maximum absolute atomic E-state index is 10.3. The first-order valence-electron chi connectivity index (χ1n) is 7.77. The second kappa shape index (κ2) is 8.37. The Morgan fingerprint density at radius 1 is 1.19 bits per heavy atom. The van der Waals surface area contributed by atoms with Crippen molar-refractivity contribution in [3.8, 4) is 5.75 Å². The van der Waals surface area contributed by atoms with E-state index in [1.54, 1.807) is 0 Å². The van der Waals surface area contributed by atoms with Crippen LogP contribution in [0.5, 0.6) is 5.75 Å². The van der Waals surface area contributed by atoms with Crippen molar-refractivity contribution >= 4 is 0 Å². The van der Waals surface area contributed by atoms with Crippen molar-refractivity contribution in [2.24, 2.45) is 17.4 Å². The summed E-state index contributed by atoms with van der Waals surface area (Å²) >= 11 is 0. The zero-order valence-corrected chi connectivity index (χ0v) is 13.7. The zero-order valence-electron chi connectivity index (χ0n) is 13.7. The Balaban J connectivity index is 2.97. The maximum atomic E-state index is 10.3. The highest BCUT2D eigenvalue weighted by Crippen LogP contribution is 2.31. The van der Waals surface area contributed by atoms with Gasteiger partial charge in [0.25, 0.3) is 0 Å². The van der Waals surface area contributed by atoms with E-state index < -0.39 is 6.10 Å². The van der Waals surface area contributed by atoms with Crippen molar-refractivity contribution in [1.82, 2.24) is 0 Å². The van der Waals surface area contributed by atoms with Gasteiger partial charge in [0.1, 0.15) is 5.75 Å². The Morgan fingerprint density at radius 3 is 2.38 bits per heavy atom. The molecule has 0 bridgehead atoms. The molecule has 0 aromatic heterocycles.